The second-order valence-corrected chi connectivity index (χ2v) is 3.68. The maximum Gasteiger partial charge on any atom is 0.158 e. The fourth-order valence-electron chi connectivity index (χ4n) is 1.42. The van der Waals surface area contributed by atoms with E-state index in [1.807, 2.05) is 0 Å². The minimum atomic E-state index is -2.68. The van der Waals surface area contributed by atoms with E-state index >= 15 is 0 Å². The Kier molecular flexibility index (Phi) is 2.67. The van der Waals surface area contributed by atoms with Gasteiger partial charge in [0.05, 0.1) is 0 Å². The van der Waals surface area contributed by atoms with Crippen molar-refractivity contribution >= 4 is 22.1 Å². The van der Waals surface area contributed by atoms with E-state index in [0.717, 1.165) is 0 Å². The number of phenolic OH excluding ortho intramolecular Hbond substituents is 2. The summed E-state index contributed by atoms with van der Waals surface area (Å²) in [7, 11) is 0. The van der Waals surface area contributed by atoms with Gasteiger partial charge in [0.1, 0.15) is 17.1 Å². The molecule has 0 saturated heterocycles. The summed E-state index contributed by atoms with van der Waals surface area (Å²) >= 11 is -2.68. The van der Waals surface area contributed by atoms with Crippen LogP contribution in [0.15, 0.2) is 30.3 Å². The number of hydrogen-bond acceptors (Lipinski definition) is 5. The molecular formula is C10H7O5S-. The van der Waals surface area contributed by atoms with Gasteiger partial charge in [0.15, 0.2) is 11.5 Å². The van der Waals surface area contributed by atoms with E-state index in [2.05, 4.69) is 4.18 Å². The Bertz CT molecular complexity index is 566. The van der Waals surface area contributed by atoms with Gasteiger partial charge in [0.25, 0.3) is 0 Å². The second kappa shape index (κ2) is 3.99. The fraction of sp³-hybridized carbons (Fsp3) is 0. The zero-order chi connectivity index (χ0) is 11.7. The van der Waals surface area contributed by atoms with Gasteiger partial charge in [0, 0.05) is 5.39 Å². The minimum Gasteiger partial charge on any atom is -0.740 e. The van der Waals surface area contributed by atoms with Crippen molar-refractivity contribution in [2.75, 3.05) is 0 Å². The smallest absolute Gasteiger partial charge is 0.158 e. The van der Waals surface area contributed by atoms with Crippen molar-refractivity contribution in [1.82, 2.24) is 0 Å². The molecule has 0 fully saturated rings. The molecule has 0 aromatic heterocycles. The molecule has 0 bridgehead atoms. The number of hydrogen-bond donors (Lipinski definition) is 2. The Hall–Kier alpha value is -1.79. The second-order valence-electron chi connectivity index (χ2n) is 3.11. The van der Waals surface area contributed by atoms with Crippen LogP contribution in [-0.4, -0.2) is 19.0 Å². The van der Waals surface area contributed by atoms with Gasteiger partial charge in [-0.1, -0.05) is 12.1 Å². The molecule has 0 radical (unpaired) electrons. The summed E-state index contributed by atoms with van der Waals surface area (Å²) in [6.07, 6.45) is 0. The van der Waals surface area contributed by atoms with Gasteiger partial charge >= 0.3 is 0 Å². The minimum absolute atomic E-state index is 0.0983. The number of fused-ring (bicyclic) bond motifs is 1. The van der Waals surface area contributed by atoms with Crippen molar-refractivity contribution in [3.8, 4) is 17.2 Å². The predicted octanol–water partition coefficient (Wildman–Crippen LogP) is 1.42. The van der Waals surface area contributed by atoms with Crippen LogP contribution >= 0.6 is 0 Å². The third kappa shape index (κ3) is 1.93. The van der Waals surface area contributed by atoms with E-state index < -0.39 is 11.4 Å². The van der Waals surface area contributed by atoms with E-state index in [1.54, 1.807) is 12.1 Å². The topological polar surface area (TPSA) is 89.8 Å². The zero-order valence-corrected chi connectivity index (χ0v) is 8.73. The van der Waals surface area contributed by atoms with Crippen LogP contribution in [0.25, 0.3) is 10.8 Å². The molecule has 1 unspecified atom stereocenters. The predicted molar refractivity (Wildman–Crippen MR) is 56.8 cm³/mol. The number of benzene rings is 2. The highest BCUT2D eigenvalue weighted by Crippen LogP contribution is 2.34. The Labute approximate surface area is 93.4 Å². The monoisotopic (exact) mass is 239 g/mol. The summed E-state index contributed by atoms with van der Waals surface area (Å²) in [6.45, 7) is 0. The lowest BCUT2D eigenvalue weighted by Crippen LogP contribution is -1.98. The Morgan fingerprint density at radius 1 is 1.19 bits per heavy atom. The number of phenols is 2. The number of rotatable bonds is 2. The third-order valence-electron chi connectivity index (χ3n) is 2.09. The molecule has 0 aliphatic heterocycles. The van der Waals surface area contributed by atoms with Crippen LogP contribution in [0.4, 0.5) is 0 Å². The highest BCUT2D eigenvalue weighted by molar-refractivity contribution is 7.74. The lowest BCUT2D eigenvalue weighted by molar-refractivity contribution is 0.404. The lowest BCUT2D eigenvalue weighted by Gasteiger charge is -2.10. The molecule has 0 spiro atoms. The van der Waals surface area contributed by atoms with Gasteiger partial charge in [-0.3, -0.25) is 0 Å². The van der Waals surface area contributed by atoms with Crippen LogP contribution in [0.5, 0.6) is 17.2 Å². The van der Waals surface area contributed by atoms with Crippen molar-refractivity contribution in [2.45, 2.75) is 0 Å². The summed E-state index contributed by atoms with van der Waals surface area (Å²) in [5.74, 6) is -0.505. The normalized spacial score (nSPS) is 12.6. The van der Waals surface area contributed by atoms with Crippen molar-refractivity contribution in [3.63, 3.8) is 0 Å². The van der Waals surface area contributed by atoms with E-state index in [1.165, 1.54) is 18.2 Å². The Morgan fingerprint density at radius 3 is 2.56 bits per heavy atom. The average molecular weight is 239 g/mol. The highest BCUT2D eigenvalue weighted by atomic mass is 32.2. The molecule has 0 saturated carbocycles. The fourth-order valence-corrected chi connectivity index (χ4v) is 1.71. The molecule has 0 heterocycles. The van der Waals surface area contributed by atoms with Crippen LogP contribution < -0.4 is 4.18 Å². The first kappa shape index (κ1) is 10.7. The standard InChI is InChI=1S/C10H8O5S/c11-8-4-6-2-1-3-10(15-16(13)14)7(6)5-9(8)12/h1-5,11-12H,(H,13,14)/p-1. The maximum atomic E-state index is 10.4. The first-order valence-electron chi connectivity index (χ1n) is 4.30. The molecule has 0 amide bonds. The summed E-state index contributed by atoms with van der Waals surface area (Å²) in [5, 5.41) is 19.6. The van der Waals surface area contributed by atoms with Crippen LogP contribution in [-0.2, 0) is 11.4 Å². The third-order valence-corrected chi connectivity index (χ3v) is 2.41. The number of aromatic hydroxyl groups is 2. The van der Waals surface area contributed by atoms with Crippen LogP contribution in [0, 0.1) is 0 Å². The summed E-state index contributed by atoms with van der Waals surface area (Å²) in [4.78, 5) is 0. The molecule has 1 atom stereocenters. The van der Waals surface area contributed by atoms with Crippen molar-refractivity contribution in [2.24, 2.45) is 0 Å². The molecule has 16 heavy (non-hydrogen) atoms. The van der Waals surface area contributed by atoms with Crippen molar-refractivity contribution in [1.29, 1.82) is 0 Å². The van der Waals surface area contributed by atoms with E-state index in [-0.39, 0.29) is 17.2 Å². The van der Waals surface area contributed by atoms with Crippen LogP contribution in [0.1, 0.15) is 0 Å². The van der Waals surface area contributed by atoms with Gasteiger partial charge in [0.2, 0.25) is 0 Å². The van der Waals surface area contributed by atoms with Crippen LogP contribution in [0.2, 0.25) is 0 Å². The van der Waals surface area contributed by atoms with E-state index in [9.17, 15) is 19.0 Å². The zero-order valence-electron chi connectivity index (χ0n) is 7.91. The molecule has 0 aliphatic carbocycles. The highest BCUT2D eigenvalue weighted by Gasteiger charge is 2.07. The lowest BCUT2D eigenvalue weighted by atomic mass is 10.1. The molecule has 2 N–H and O–H groups in total. The summed E-state index contributed by atoms with van der Waals surface area (Å²) in [6, 6.07) is 7.27. The molecule has 84 valence electrons. The van der Waals surface area contributed by atoms with E-state index in [4.69, 9.17) is 0 Å². The van der Waals surface area contributed by atoms with Gasteiger partial charge in [-0.15, -0.1) is 0 Å². The Morgan fingerprint density at radius 2 is 1.88 bits per heavy atom. The van der Waals surface area contributed by atoms with Crippen LogP contribution in [0.3, 0.4) is 0 Å². The Balaban J connectivity index is 2.67. The van der Waals surface area contributed by atoms with Gasteiger partial charge in [-0.25, -0.2) is 4.21 Å². The maximum absolute atomic E-state index is 10.4. The molecular weight excluding hydrogens is 232 g/mol. The average Bonchev–Trinajstić information content (AvgIpc) is 2.20. The first-order valence-corrected chi connectivity index (χ1v) is 5.30. The molecule has 2 aromatic carbocycles. The summed E-state index contributed by atoms with van der Waals surface area (Å²) in [5.41, 5.74) is 0. The molecule has 6 heteroatoms. The summed E-state index contributed by atoms with van der Waals surface area (Å²) < 4.78 is 25.4. The van der Waals surface area contributed by atoms with Gasteiger partial charge in [-0.2, -0.15) is 0 Å². The molecule has 2 aromatic rings. The van der Waals surface area contributed by atoms with E-state index in [0.29, 0.717) is 10.8 Å². The SMILES string of the molecule is O=S([O-])Oc1cccc2cc(O)c(O)cc12. The quantitative estimate of drug-likeness (QED) is 0.611. The van der Waals surface area contributed by atoms with Crippen molar-refractivity contribution < 1.29 is 23.2 Å². The largest absolute Gasteiger partial charge is 0.740 e. The first-order chi connectivity index (χ1) is 7.58. The molecule has 5 nitrogen and oxygen atoms in total. The molecule has 0 aliphatic rings. The van der Waals surface area contributed by atoms with Gasteiger partial charge in [-0.05, 0) is 23.6 Å². The molecule has 2 rings (SSSR count). The van der Waals surface area contributed by atoms with Gasteiger partial charge < -0.3 is 18.9 Å². The van der Waals surface area contributed by atoms with Crippen molar-refractivity contribution in [3.05, 3.63) is 30.3 Å².